The summed E-state index contributed by atoms with van der Waals surface area (Å²) < 4.78 is 16.5. The van der Waals surface area contributed by atoms with Gasteiger partial charge < -0.3 is 24.0 Å². The number of hydrogen-bond acceptors (Lipinski definition) is 5. The summed E-state index contributed by atoms with van der Waals surface area (Å²) in [6.45, 7) is 5.93. The maximum absolute atomic E-state index is 12.7. The lowest BCUT2D eigenvalue weighted by Crippen LogP contribution is -2.53. The molecule has 1 spiro atoms. The lowest BCUT2D eigenvalue weighted by molar-refractivity contribution is -0.182. The van der Waals surface area contributed by atoms with Gasteiger partial charge in [-0.25, -0.2) is 4.79 Å². The van der Waals surface area contributed by atoms with E-state index >= 15 is 0 Å². The van der Waals surface area contributed by atoms with E-state index < -0.39 is 5.79 Å². The van der Waals surface area contributed by atoms with E-state index in [1.807, 2.05) is 4.90 Å². The zero-order chi connectivity index (χ0) is 16.3. The Kier molecular flexibility index (Phi) is 5.06. The number of piperidine rings is 2. The molecule has 0 radical (unpaired) electrons. The molecule has 3 aliphatic rings. The predicted molar refractivity (Wildman–Crippen MR) is 81.8 cm³/mol. The molecule has 23 heavy (non-hydrogen) atoms. The van der Waals surface area contributed by atoms with Crippen molar-refractivity contribution in [3.05, 3.63) is 0 Å². The number of nitrogens with zero attached hydrogens (tertiary/aromatic N) is 2. The number of hydrogen-bond donors (Lipinski definition) is 0. The van der Waals surface area contributed by atoms with E-state index in [-0.39, 0.29) is 17.9 Å². The maximum atomic E-state index is 12.7. The van der Waals surface area contributed by atoms with E-state index in [4.69, 9.17) is 14.2 Å². The number of amides is 2. The SMILES string of the molecule is CCOC(=O)C1CCCN(C(=O)N2CCC3(CC2)OCCO3)C1. The van der Waals surface area contributed by atoms with Crippen molar-refractivity contribution in [2.75, 3.05) is 46.0 Å². The smallest absolute Gasteiger partial charge is 0.320 e. The highest BCUT2D eigenvalue weighted by molar-refractivity contribution is 5.77. The molecular formula is C16H26N2O5. The normalized spacial score (nSPS) is 27.3. The van der Waals surface area contributed by atoms with Crippen molar-refractivity contribution in [3.63, 3.8) is 0 Å². The summed E-state index contributed by atoms with van der Waals surface area (Å²) in [7, 11) is 0. The predicted octanol–water partition coefficient (Wildman–Crippen LogP) is 1.22. The first-order valence-corrected chi connectivity index (χ1v) is 8.62. The van der Waals surface area contributed by atoms with Gasteiger partial charge in [0.15, 0.2) is 5.79 Å². The van der Waals surface area contributed by atoms with Gasteiger partial charge in [0.1, 0.15) is 0 Å². The number of ether oxygens (including phenoxy) is 3. The Morgan fingerprint density at radius 3 is 2.48 bits per heavy atom. The van der Waals surface area contributed by atoms with Crippen LogP contribution >= 0.6 is 0 Å². The summed E-state index contributed by atoms with van der Waals surface area (Å²) in [5.74, 6) is -0.841. The minimum absolute atomic E-state index is 0.0202. The number of carbonyl (C=O) groups is 2. The van der Waals surface area contributed by atoms with Crippen LogP contribution in [-0.4, -0.2) is 73.6 Å². The molecular weight excluding hydrogens is 300 g/mol. The van der Waals surface area contributed by atoms with Crippen LogP contribution in [0.25, 0.3) is 0 Å². The fraction of sp³-hybridized carbons (Fsp3) is 0.875. The molecule has 0 aromatic rings. The second kappa shape index (κ2) is 7.05. The molecule has 0 aromatic heterocycles. The first kappa shape index (κ1) is 16.5. The summed E-state index contributed by atoms with van der Waals surface area (Å²) in [5, 5.41) is 0. The van der Waals surface area contributed by atoms with Gasteiger partial charge in [0.2, 0.25) is 0 Å². The molecule has 3 heterocycles. The molecule has 0 bridgehead atoms. The van der Waals surface area contributed by atoms with Crippen LogP contribution in [0.1, 0.15) is 32.6 Å². The van der Waals surface area contributed by atoms with Gasteiger partial charge in [0, 0.05) is 39.0 Å². The number of carbonyl (C=O) groups excluding carboxylic acids is 2. The number of urea groups is 1. The first-order chi connectivity index (χ1) is 11.1. The molecule has 1 atom stereocenters. The van der Waals surface area contributed by atoms with Crippen molar-refractivity contribution in [2.45, 2.75) is 38.4 Å². The third kappa shape index (κ3) is 3.61. The number of esters is 1. The number of likely N-dealkylation sites (tertiary alicyclic amines) is 2. The van der Waals surface area contributed by atoms with E-state index in [9.17, 15) is 9.59 Å². The van der Waals surface area contributed by atoms with E-state index in [1.54, 1.807) is 11.8 Å². The van der Waals surface area contributed by atoms with Gasteiger partial charge in [-0.15, -0.1) is 0 Å². The van der Waals surface area contributed by atoms with Crippen molar-refractivity contribution in [3.8, 4) is 0 Å². The monoisotopic (exact) mass is 326 g/mol. The minimum Gasteiger partial charge on any atom is -0.466 e. The zero-order valence-corrected chi connectivity index (χ0v) is 13.8. The standard InChI is InChI=1S/C16H26N2O5/c1-2-21-14(19)13-4-3-7-18(12-13)15(20)17-8-5-16(6-9-17)22-10-11-23-16/h13H,2-12H2,1H3. The van der Waals surface area contributed by atoms with Crippen LogP contribution in [0.3, 0.4) is 0 Å². The van der Waals surface area contributed by atoms with Gasteiger partial charge in [-0.05, 0) is 19.8 Å². The number of rotatable bonds is 2. The highest BCUT2D eigenvalue weighted by atomic mass is 16.7. The lowest BCUT2D eigenvalue weighted by Gasteiger charge is -2.41. The molecule has 3 fully saturated rings. The molecule has 3 saturated heterocycles. The van der Waals surface area contributed by atoms with Gasteiger partial charge in [-0.3, -0.25) is 4.79 Å². The maximum Gasteiger partial charge on any atom is 0.320 e. The van der Waals surface area contributed by atoms with Gasteiger partial charge in [0.25, 0.3) is 0 Å². The van der Waals surface area contributed by atoms with E-state index in [0.29, 0.717) is 58.8 Å². The van der Waals surface area contributed by atoms with E-state index in [1.165, 1.54) is 0 Å². The molecule has 0 aliphatic carbocycles. The molecule has 3 aliphatic heterocycles. The van der Waals surface area contributed by atoms with E-state index in [2.05, 4.69) is 0 Å². The van der Waals surface area contributed by atoms with Crippen molar-refractivity contribution >= 4 is 12.0 Å². The molecule has 0 N–H and O–H groups in total. The van der Waals surface area contributed by atoms with Crippen LogP contribution in [0.15, 0.2) is 0 Å². The van der Waals surface area contributed by atoms with Gasteiger partial charge in [-0.1, -0.05) is 0 Å². The average Bonchev–Trinajstić information content (AvgIpc) is 3.03. The topological polar surface area (TPSA) is 68.3 Å². The van der Waals surface area contributed by atoms with Crippen molar-refractivity contribution in [1.82, 2.24) is 9.80 Å². The second-order valence-electron chi connectivity index (χ2n) is 6.41. The molecule has 0 aromatic carbocycles. The Balaban J connectivity index is 1.52. The van der Waals surface area contributed by atoms with Crippen molar-refractivity contribution in [2.24, 2.45) is 5.92 Å². The minimum atomic E-state index is -0.466. The molecule has 3 rings (SSSR count). The Bertz CT molecular complexity index is 440. The Morgan fingerprint density at radius 1 is 1.13 bits per heavy atom. The van der Waals surface area contributed by atoms with Crippen molar-refractivity contribution < 1.29 is 23.8 Å². The quantitative estimate of drug-likeness (QED) is 0.714. The molecule has 7 nitrogen and oxygen atoms in total. The third-order valence-electron chi connectivity index (χ3n) is 4.92. The largest absolute Gasteiger partial charge is 0.466 e. The van der Waals surface area contributed by atoms with Gasteiger partial charge in [-0.2, -0.15) is 0 Å². The van der Waals surface area contributed by atoms with Crippen LogP contribution in [0.4, 0.5) is 4.79 Å². The first-order valence-electron chi connectivity index (χ1n) is 8.62. The van der Waals surface area contributed by atoms with Crippen LogP contribution < -0.4 is 0 Å². The van der Waals surface area contributed by atoms with Crippen LogP contribution in [0, 0.1) is 5.92 Å². The van der Waals surface area contributed by atoms with Gasteiger partial charge in [0.05, 0.1) is 25.7 Å². The van der Waals surface area contributed by atoms with Gasteiger partial charge >= 0.3 is 12.0 Å². The molecule has 2 amide bonds. The van der Waals surface area contributed by atoms with Crippen molar-refractivity contribution in [1.29, 1.82) is 0 Å². The summed E-state index contributed by atoms with van der Waals surface area (Å²) in [4.78, 5) is 28.2. The summed E-state index contributed by atoms with van der Waals surface area (Å²) in [6.07, 6.45) is 3.08. The van der Waals surface area contributed by atoms with Crippen LogP contribution in [0.2, 0.25) is 0 Å². The zero-order valence-electron chi connectivity index (χ0n) is 13.8. The van der Waals surface area contributed by atoms with E-state index in [0.717, 1.165) is 12.8 Å². The fourth-order valence-electron chi connectivity index (χ4n) is 3.63. The summed E-state index contributed by atoms with van der Waals surface area (Å²) in [6, 6.07) is 0.0202. The fourth-order valence-corrected chi connectivity index (χ4v) is 3.63. The Labute approximate surface area is 136 Å². The third-order valence-corrected chi connectivity index (χ3v) is 4.92. The highest BCUT2D eigenvalue weighted by Crippen LogP contribution is 2.32. The highest BCUT2D eigenvalue weighted by Gasteiger charge is 2.42. The second-order valence-corrected chi connectivity index (χ2v) is 6.41. The molecule has 1 unspecified atom stereocenters. The lowest BCUT2D eigenvalue weighted by atomic mass is 9.98. The molecule has 0 saturated carbocycles. The van der Waals surface area contributed by atoms with Crippen LogP contribution in [0.5, 0.6) is 0 Å². The summed E-state index contributed by atoms with van der Waals surface area (Å²) in [5.41, 5.74) is 0. The Morgan fingerprint density at radius 2 is 1.83 bits per heavy atom. The summed E-state index contributed by atoms with van der Waals surface area (Å²) >= 11 is 0. The average molecular weight is 326 g/mol. The van der Waals surface area contributed by atoms with Crippen LogP contribution in [-0.2, 0) is 19.0 Å². The molecule has 130 valence electrons. The molecule has 7 heteroatoms. The Hall–Kier alpha value is -1.34.